The van der Waals surface area contributed by atoms with E-state index in [1.807, 2.05) is 0 Å². The lowest BCUT2D eigenvalue weighted by Gasteiger charge is -2.18. The first-order chi connectivity index (χ1) is 25.0. The molecule has 0 aliphatic heterocycles. The summed E-state index contributed by atoms with van der Waals surface area (Å²) in [5.74, 6) is -0.926. The maximum atomic E-state index is 12.6. The van der Waals surface area contributed by atoms with Crippen LogP contribution in [0.15, 0.2) is 36.5 Å². The van der Waals surface area contributed by atoms with Gasteiger partial charge in [0.25, 0.3) is 0 Å². The molecular formula is C45H80O6. The second kappa shape index (κ2) is 40.4. The molecule has 0 aliphatic rings. The molecule has 1 atom stereocenters. The Labute approximate surface area is 315 Å². The Morgan fingerprint density at radius 1 is 0.412 bits per heavy atom. The molecule has 6 heteroatoms. The second-order valence-corrected chi connectivity index (χ2v) is 14.2. The topological polar surface area (TPSA) is 78.9 Å². The van der Waals surface area contributed by atoms with E-state index in [2.05, 4.69) is 57.2 Å². The van der Waals surface area contributed by atoms with Crippen molar-refractivity contribution in [2.45, 2.75) is 219 Å². The highest BCUT2D eigenvalue weighted by Crippen LogP contribution is 2.14. The third-order valence-corrected chi connectivity index (χ3v) is 9.16. The Balaban J connectivity index is 4.26. The van der Waals surface area contributed by atoms with Crippen LogP contribution in [0.5, 0.6) is 0 Å². The number of hydrogen-bond acceptors (Lipinski definition) is 6. The number of rotatable bonds is 38. The fourth-order valence-corrected chi connectivity index (χ4v) is 5.93. The van der Waals surface area contributed by atoms with Crippen LogP contribution in [0.3, 0.4) is 0 Å². The smallest absolute Gasteiger partial charge is 0.306 e. The quantitative estimate of drug-likeness (QED) is 0.0274. The van der Waals surface area contributed by atoms with Crippen LogP contribution in [0.1, 0.15) is 213 Å². The van der Waals surface area contributed by atoms with Gasteiger partial charge in [0.2, 0.25) is 0 Å². The van der Waals surface area contributed by atoms with E-state index in [9.17, 15) is 14.4 Å². The highest BCUT2D eigenvalue weighted by Gasteiger charge is 2.19. The van der Waals surface area contributed by atoms with Crippen LogP contribution >= 0.6 is 0 Å². The number of allylic oxidation sites excluding steroid dienone is 6. The van der Waals surface area contributed by atoms with E-state index in [0.717, 1.165) is 89.9 Å². The largest absolute Gasteiger partial charge is 0.462 e. The van der Waals surface area contributed by atoms with Crippen LogP contribution < -0.4 is 0 Å². The van der Waals surface area contributed by atoms with Gasteiger partial charge in [0.1, 0.15) is 13.2 Å². The number of carbonyl (C=O) groups is 3. The second-order valence-electron chi connectivity index (χ2n) is 14.2. The average Bonchev–Trinajstić information content (AvgIpc) is 3.12. The fraction of sp³-hybridized carbons (Fsp3) is 0.800. The van der Waals surface area contributed by atoms with Gasteiger partial charge in [-0.1, -0.05) is 179 Å². The van der Waals surface area contributed by atoms with Crippen molar-refractivity contribution in [3.63, 3.8) is 0 Å². The summed E-state index contributed by atoms with van der Waals surface area (Å²) in [5, 5.41) is 0. The van der Waals surface area contributed by atoms with Gasteiger partial charge in [0, 0.05) is 19.3 Å². The molecule has 0 spiro atoms. The Morgan fingerprint density at radius 2 is 0.765 bits per heavy atom. The summed E-state index contributed by atoms with van der Waals surface area (Å²) in [7, 11) is 0. The zero-order valence-corrected chi connectivity index (χ0v) is 33.6. The van der Waals surface area contributed by atoms with Crippen molar-refractivity contribution in [1.82, 2.24) is 0 Å². The Morgan fingerprint density at radius 3 is 1.20 bits per heavy atom. The third kappa shape index (κ3) is 38.7. The van der Waals surface area contributed by atoms with E-state index in [-0.39, 0.29) is 31.1 Å². The molecule has 0 radical (unpaired) electrons. The predicted octanol–water partition coefficient (Wildman–Crippen LogP) is 13.4. The molecule has 0 aromatic carbocycles. The lowest BCUT2D eigenvalue weighted by Crippen LogP contribution is -2.30. The van der Waals surface area contributed by atoms with E-state index >= 15 is 0 Å². The van der Waals surface area contributed by atoms with Crippen LogP contribution in [0, 0.1) is 0 Å². The van der Waals surface area contributed by atoms with Gasteiger partial charge in [0.05, 0.1) is 0 Å². The molecular weight excluding hydrogens is 636 g/mol. The van der Waals surface area contributed by atoms with E-state index in [0.29, 0.717) is 19.3 Å². The maximum Gasteiger partial charge on any atom is 0.306 e. The molecule has 0 fully saturated rings. The van der Waals surface area contributed by atoms with Crippen molar-refractivity contribution in [2.24, 2.45) is 0 Å². The summed E-state index contributed by atoms with van der Waals surface area (Å²) in [6.07, 6.45) is 44.4. The number of hydrogen-bond donors (Lipinski definition) is 0. The molecule has 6 nitrogen and oxygen atoms in total. The molecule has 296 valence electrons. The van der Waals surface area contributed by atoms with Gasteiger partial charge in [-0.2, -0.15) is 0 Å². The first-order valence-corrected chi connectivity index (χ1v) is 21.5. The molecule has 0 rings (SSSR count). The normalized spacial score (nSPS) is 12.3. The lowest BCUT2D eigenvalue weighted by molar-refractivity contribution is -0.167. The van der Waals surface area contributed by atoms with Crippen molar-refractivity contribution in [3.8, 4) is 0 Å². The standard InChI is InChI=1S/C45H80O6/c1-4-7-10-13-15-17-19-21-22-24-25-27-29-32-35-38-44(47)50-41-42(40-49-43(46)37-34-31-12-9-6-3)51-45(48)39-36-33-30-28-26-23-20-18-16-14-11-8-5-2/h8,11,16,18,23,26,42H,4-7,9-10,12-15,17,19-22,24-25,27-41H2,1-3H3/b11-8-,18-16-,26-23-. The van der Waals surface area contributed by atoms with Crippen LogP contribution in [-0.2, 0) is 28.6 Å². The number of ether oxygens (including phenoxy) is 3. The summed E-state index contributed by atoms with van der Waals surface area (Å²) in [5.41, 5.74) is 0. The minimum Gasteiger partial charge on any atom is -0.462 e. The van der Waals surface area contributed by atoms with Crippen LogP contribution in [0.25, 0.3) is 0 Å². The van der Waals surface area contributed by atoms with Gasteiger partial charge < -0.3 is 14.2 Å². The van der Waals surface area contributed by atoms with Gasteiger partial charge in [-0.15, -0.1) is 0 Å². The minimum absolute atomic E-state index is 0.0821. The van der Waals surface area contributed by atoms with Crippen molar-refractivity contribution < 1.29 is 28.6 Å². The maximum absolute atomic E-state index is 12.6. The number of carbonyl (C=O) groups excluding carboxylic acids is 3. The van der Waals surface area contributed by atoms with Crippen molar-refractivity contribution in [3.05, 3.63) is 36.5 Å². The molecule has 0 N–H and O–H groups in total. The monoisotopic (exact) mass is 717 g/mol. The first kappa shape index (κ1) is 48.6. The van der Waals surface area contributed by atoms with E-state index < -0.39 is 6.10 Å². The van der Waals surface area contributed by atoms with Crippen molar-refractivity contribution in [1.29, 1.82) is 0 Å². The zero-order chi connectivity index (χ0) is 37.3. The highest BCUT2D eigenvalue weighted by molar-refractivity contribution is 5.71. The van der Waals surface area contributed by atoms with Crippen molar-refractivity contribution >= 4 is 17.9 Å². The summed E-state index contributed by atoms with van der Waals surface area (Å²) < 4.78 is 16.5. The summed E-state index contributed by atoms with van der Waals surface area (Å²) in [6, 6.07) is 0. The SMILES string of the molecule is CC/C=C\C/C=C\C/C=C\CCCCCC(=O)OC(COC(=O)CCCCCCC)COC(=O)CCCCCCCCCCCCCCCCC. The van der Waals surface area contributed by atoms with Crippen LogP contribution in [0.2, 0.25) is 0 Å². The van der Waals surface area contributed by atoms with Gasteiger partial charge >= 0.3 is 17.9 Å². The van der Waals surface area contributed by atoms with Crippen LogP contribution in [0.4, 0.5) is 0 Å². The fourth-order valence-electron chi connectivity index (χ4n) is 5.93. The minimum atomic E-state index is -0.778. The van der Waals surface area contributed by atoms with Gasteiger partial charge in [-0.3, -0.25) is 14.4 Å². The van der Waals surface area contributed by atoms with E-state index in [4.69, 9.17) is 14.2 Å². The number of unbranched alkanes of at least 4 members (excludes halogenated alkanes) is 21. The Hall–Kier alpha value is -2.37. The van der Waals surface area contributed by atoms with E-state index in [1.54, 1.807) is 0 Å². The predicted molar refractivity (Wildman–Crippen MR) is 215 cm³/mol. The van der Waals surface area contributed by atoms with Gasteiger partial charge in [-0.25, -0.2) is 0 Å². The number of esters is 3. The molecule has 0 aromatic rings. The summed E-state index contributed by atoms with van der Waals surface area (Å²) in [6.45, 7) is 6.41. The van der Waals surface area contributed by atoms with Gasteiger partial charge in [0.15, 0.2) is 6.10 Å². The Bertz CT molecular complexity index is 876. The third-order valence-electron chi connectivity index (χ3n) is 9.16. The highest BCUT2D eigenvalue weighted by atomic mass is 16.6. The summed E-state index contributed by atoms with van der Waals surface area (Å²) >= 11 is 0. The van der Waals surface area contributed by atoms with E-state index in [1.165, 1.54) is 83.5 Å². The molecule has 0 saturated heterocycles. The first-order valence-electron chi connectivity index (χ1n) is 21.5. The lowest BCUT2D eigenvalue weighted by atomic mass is 10.0. The molecule has 51 heavy (non-hydrogen) atoms. The molecule has 0 amide bonds. The van der Waals surface area contributed by atoms with Crippen LogP contribution in [-0.4, -0.2) is 37.2 Å². The Kier molecular flexibility index (Phi) is 38.5. The molecule has 0 bridgehead atoms. The summed E-state index contributed by atoms with van der Waals surface area (Å²) in [4.78, 5) is 37.4. The molecule has 1 unspecified atom stereocenters. The average molecular weight is 717 g/mol. The molecule has 0 aromatic heterocycles. The molecule has 0 aliphatic carbocycles. The zero-order valence-electron chi connectivity index (χ0n) is 33.6. The van der Waals surface area contributed by atoms with Crippen molar-refractivity contribution in [2.75, 3.05) is 13.2 Å². The molecule has 0 heterocycles. The molecule has 0 saturated carbocycles. The van der Waals surface area contributed by atoms with Gasteiger partial charge in [-0.05, 0) is 51.4 Å².